The third-order valence-electron chi connectivity index (χ3n) is 2.14. The van der Waals surface area contributed by atoms with Gasteiger partial charge in [0.05, 0.1) is 16.4 Å². The molecule has 0 radical (unpaired) electrons. The van der Waals surface area contributed by atoms with Crippen LogP contribution >= 0.6 is 15.9 Å². The molecule has 0 saturated carbocycles. The predicted octanol–water partition coefficient (Wildman–Crippen LogP) is 1.78. The predicted molar refractivity (Wildman–Crippen MR) is 75.7 cm³/mol. The summed E-state index contributed by atoms with van der Waals surface area (Å²) in [5.41, 5.74) is 0.0233. The lowest BCUT2D eigenvalue weighted by atomic mass is 10.2. The van der Waals surface area contributed by atoms with Gasteiger partial charge in [-0.05, 0) is 48.0 Å². The summed E-state index contributed by atoms with van der Waals surface area (Å²) < 4.78 is 12.4. The Morgan fingerprint density at radius 1 is 1.42 bits per heavy atom. The Bertz CT molecular complexity index is 530. The van der Waals surface area contributed by atoms with E-state index in [1.54, 1.807) is 0 Å². The van der Waals surface area contributed by atoms with Gasteiger partial charge < -0.3 is 10.4 Å². The van der Waals surface area contributed by atoms with Gasteiger partial charge in [0.15, 0.2) is 0 Å². The Balaban J connectivity index is 2.86. The summed E-state index contributed by atoms with van der Waals surface area (Å²) in [4.78, 5) is 22.8. The zero-order valence-electron chi connectivity index (χ0n) is 10.5. The quantitative estimate of drug-likeness (QED) is 0.850. The van der Waals surface area contributed by atoms with E-state index in [9.17, 15) is 13.8 Å². The van der Waals surface area contributed by atoms with Crippen LogP contribution < -0.4 is 5.32 Å². The van der Waals surface area contributed by atoms with Crippen molar-refractivity contribution in [2.24, 2.45) is 0 Å². The van der Waals surface area contributed by atoms with Crippen molar-refractivity contribution in [2.75, 3.05) is 5.75 Å². The van der Waals surface area contributed by atoms with Crippen LogP contribution in [-0.4, -0.2) is 33.0 Å². The van der Waals surface area contributed by atoms with Crippen LogP contribution in [0.25, 0.3) is 0 Å². The number of carbonyl (C=O) groups excluding carboxylic acids is 1. The fourth-order valence-electron chi connectivity index (χ4n) is 1.38. The molecular weight excluding hydrogens is 334 g/mol. The van der Waals surface area contributed by atoms with Crippen LogP contribution in [0, 0.1) is 0 Å². The molecule has 0 fully saturated rings. The number of carbonyl (C=O) groups is 2. The van der Waals surface area contributed by atoms with Crippen molar-refractivity contribution in [3.63, 3.8) is 0 Å². The van der Waals surface area contributed by atoms with Gasteiger partial charge in [-0.25, -0.2) is 4.79 Å². The van der Waals surface area contributed by atoms with Crippen LogP contribution in [-0.2, 0) is 15.6 Å². The monoisotopic (exact) mass is 347 g/mol. The number of aromatic carboxylic acids is 1. The minimum absolute atomic E-state index is 0.0233. The van der Waals surface area contributed by atoms with Gasteiger partial charge in [-0.15, -0.1) is 0 Å². The summed E-state index contributed by atoms with van der Waals surface area (Å²) >= 11 is 3.10. The summed E-state index contributed by atoms with van der Waals surface area (Å²) in [5, 5.41) is 11.6. The van der Waals surface area contributed by atoms with Crippen molar-refractivity contribution in [3.8, 4) is 0 Å². The first-order chi connectivity index (χ1) is 8.81. The second-order valence-electron chi connectivity index (χ2n) is 4.16. The second kappa shape index (κ2) is 6.81. The number of amides is 1. The summed E-state index contributed by atoms with van der Waals surface area (Å²) in [6, 6.07) is 4.33. The number of carboxylic acid groups (broad SMARTS) is 1. The maximum atomic E-state index is 12.0. The maximum Gasteiger partial charge on any atom is 0.336 e. The highest BCUT2D eigenvalue weighted by molar-refractivity contribution is 9.10. The fraction of sp³-hybridized carbons (Fsp3) is 0.333. The van der Waals surface area contributed by atoms with Crippen molar-refractivity contribution < 1.29 is 18.9 Å². The molecule has 0 saturated heterocycles. The number of halogens is 1. The molecule has 0 bridgehead atoms. The Hall–Kier alpha value is -1.21. The number of nitrogens with one attached hydrogen (secondary N) is 1. The Morgan fingerprint density at radius 3 is 2.58 bits per heavy atom. The van der Waals surface area contributed by atoms with Gasteiger partial charge in [0.2, 0.25) is 5.91 Å². The summed E-state index contributed by atoms with van der Waals surface area (Å²) in [6.45, 7) is 3.62. The Morgan fingerprint density at radius 2 is 2.05 bits per heavy atom. The highest BCUT2D eigenvalue weighted by atomic mass is 79.9. The first-order valence-electron chi connectivity index (χ1n) is 5.52. The molecular formula is C12H14BrNO4S. The van der Waals surface area contributed by atoms with E-state index in [0.29, 0.717) is 9.37 Å². The smallest absolute Gasteiger partial charge is 0.336 e. The molecule has 1 unspecified atom stereocenters. The molecule has 1 aromatic carbocycles. The van der Waals surface area contributed by atoms with Crippen molar-refractivity contribution in [1.82, 2.24) is 5.32 Å². The molecule has 0 aromatic heterocycles. The van der Waals surface area contributed by atoms with Crippen LogP contribution in [0.15, 0.2) is 27.6 Å². The van der Waals surface area contributed by atoms with Gasteiger partial charge in [0.25, 0.3) is 0 Å². The number of benzene rings is 1. The zero-order valence-corrected chi connectivity index (χ0v) is 12.9. The number of hydrogen-bond acceptors (Lipinski definition) is 3. The number of carboxylic acids is 1. The molecule has 104 valence electrons. The molecule has 0 heterocycles. The molecule has 7 heteroatoms. The van der Waals surface area contributed by atoms with E-state index in [1.165, 1.54) is 18.2 Å². The fourth-order valence-corrected chi connectivity index (χ4v) is 2.75. The van der Waals surface area contributed by atoms with Crippen LogP contribution in [0.4, 0.5) is 0 Å². The van der Waals surface area contributed by atoms with Crippen molar-refractivity contribution in [2.45, 2.75) is 24.8 Å². The molecule has 5 nitrogen and oxygen atoms in total. The highest BCUT2D eigenvalue weighted by Gasteiger charge is 2.15. The summed E-state index contributed by atoms with van der Waals surface area (Å²) in [6.07, 6.45) is 0. The maximum absolute atomic E-state index is 12.0. The zero-order chi connectivity index (χ0) is 14.6. The molecule has 1 aromatic rings. The number of rotatable bonds is 5. The first-order valence-corrected chi connectivity index (χ1v) is 7.63. The SMILES string of the molecule is CC(C)NC(=O)CS(=O)c1ccc(Br)c(C(=O)O)c1. The normalized spacial score (nSPS) is 12.2. The van der Waals surface area contributed by atoms with Crippen LogP contribution in [0.3, 0.4) is 0 Å². The van der Waals surface area contributed by atoms with E-state index in [0.717, 1.165) is 0 Å². The molecule has 1 atom stereocenters. The highest BCUT2D eigenvalue weighted by Crippen LogP contribution is 2.20. The average molecular weight is 348 g/mol. The molecule has 1 rings (SSSR count). The average Bonchev–Trinajstić information content (AvgIpc) is 2.27. The van der Waals surface area contributed by atoms with E-state index in [2.05, 4.69) is 21.2 Å². The molecule has 0 aliphatic carbocycles. The van der Waals surface area contributed by atoms with Crippen molar-refractivity contribution in [3.05, 3.63) is 28.2 Å². The largest absolute Gasteiger partial charge is 0.478 e. The summed E-state index contributed by atoms with van der Waals surface area (Å²) in [7, 11) is -1.56. The topological polar surface area (TPSA) is 83.5 Å². The summed E-state index contributed by atoms with van der Waals surface area (Å²) in [5.74, 6) is -1.62. The molecule has 19 heavy (non-hydrogen) atoms. The standard InChI is InChI=1S/C12H14BrNO4S/c1-7(2)14-11(15)6-19(18)8-3-4-10(13)9(5-8)12(16)17/h3-5,7H,6H2,1-2H3,(H,14,15)(H,16,17). The Kier molecular flexibility index (Phi) is 5.68. The van der Waals surface area contributed by atoms with Crippen LogP contribution in [0.5, 0.6) is 0 Å². The van der Waals surface area contributed by atoms with Crippen molar-refractivity contribution >= 4 is 38.6 Å². The van der Waals surface area contributed by atoms with Crippen LogP contribution in [0.1, 0.15) is 24.2 Å². The second-order valence-corrected chi connectivity index (χ2v) is 6.46. The van der Waals surface area contributed by atoms with E-state index in [4.69, 9.17) is 5.11 Å². The van der Waals surface area contributed by atoms with Gasteiger partial charge in [0.1, 0.15) is 5.75 Å². The lowest BCUT2D eigenvalue weighted by molar-refractivity contribution is -0.119. The molecule has 0 aliphatic heterocycles. The minimum atomic E-state index is -1.56. The van der Waals surface area contributed by atoms with Crippen LogP contribution in [0.2, 0.25) is 0 Å². The molecule has 0 aliphatic rings. The first kappa shape index (κ1) is 15.8. The third-order valence-corrected chi connectivity index (χ3v) is 4.14. The van der Waals surface area contributed by atoms with E-state index < -0.39 is 16.8 Å². The van der Waals surface area contributed by atoms with E-state index >= 15 is 0 Å². The Labute approximate surface area is 122 Å². The van der Waals surface area contributed by atoms with Crippen molar-refractivity contribution in [1.29, 1.82) is 0 Å². The van der Waals surface area contributed by atoms with E-state index in [1.807, 2.05) is 13.8 Å². The van der Waals surface area contributed by atoms with Gasteiger partial charge in [-0.3, -0.25) is 9.00 Å². The van der Waals surface area contributed by atoms with Gasteiger partial charge in [-0.2, -0.15) is 0 Å². The lowest BCUT2D eigenvalue weighted by Gasteiger charge is -2.08. The lowest BCUT2D eigenvalue weighted by Crippen LogP contribution is -2.33. The minimum Gasteiger partial charge on any atom is -0.478 e. The van der Waals surface area contributed by atoms with Gasteiger partial charge in [0, 0.05) is 15.4 Å². The third kappa shape index (κ3) is 4.76. The molecule has 2 N–H and O–H groups in total. The number of hydrogen-bond donors (Lipinski definition) is 2. The van der Waals surface area contributed by atoms with E-state index in [-0.39, 0.29) is 23.3 Å². The van der Waals surface area contributed by atoms with Gasteiger partial charge >= 0.3 is 5.97 Å². The van der Waals surface area contributed by atoms with Gasteiger partial charge in [-0.1, -0.05) is 0 Å². The molecule has 0 spiro atoms. The molecule has 1 amide bonds.